The van der Waals surface area contributed by atoms with Crippen molar-refractivity contribution in [3.8, 4) is 0 Å². The summed E-state index contributed by atoms with van der Waals surface area (Å²) >= 11 is 0. The van der Waals surface area contributed by atoms with Gasteiger partial charge in [-0.25, -0.2) is 17.6 Å². The quantitative estimate of drug-likeness (QED) is 0.519. The van der Waals surface area contributed by atoms with Crippen LogP contribution in [0.1, 0.15) is 90.4 Å². The molecular weight excluding hydrogens is 440 g/mol. The Morgan fingerprint density at radius 2 is 0.788 bits per heavy atom. The molecule has 0 aromatic heterocycles. The maximum Gasteiger partial charge on any atom is 0.162 e. The second kappa shape index (κ2) is 14.2. The van der Waals surface area contributed by atoms with Gasteiger partial charge in [-0.3, -0.25) is 0 Å². The molecule has 4 rings (SSSR count). The van der Waals surface area contributed by atoms with E-state index in [0.29, 0.717) is 18.3 Å². The van der Waals surface area contributed by atoms with Crippen LogP contribution in [0.15, 0.2) is 0 Å². The van der Waals surface area contributed by atoms with Gasteiger partial charge in [0, 0.05) is 0 Å². The maximum atomic E-state index is 15.1. The van der Waals surface area contributed by atoms with E-state index < -0.39 is 24.7 Å². The molecule has 4 saturated carbocycles. The van der Waals surface area contributed by atoms with Crippen molar-refractivity contribution in [2.24, 2.45) is 41.4 Å². The first kappa shape index (κ1) is 32.6. The fourth-order valence-electron chi connectivity index (χ4n) is 7.48. The molecule has 0 radical (unpaired) electrons. The molecule has 0 amide bonds. The van der Waals surface area contributed by atoms with E-state index in [-0.39, 0.29) is 46.6 Å². The first-order chi connectivity index (χ1) is 13.9. The summed E-state index contributed by atoms with van der Waals surface area (Å²) < 4.78 is 56.1. The van der Waals surface area contributed by atoms with Gasteiger partial charge in [0.25, 0.3) is 0 Å². The molecule has 0 spiro atoms. The third-order valence-electron chi connectivity index (χ3n) is 9.43. The molecule has 4 fully saturated rings. The van der Waals surface area contributed by atoms with Gasteiger partial charge in [0.05, 0.1) is 0 Å². The summed E-state index contributed by atoms with van der Waals surface area (Å²) in [7, 11) is 0. The predicted octanol–water partition coefficient (Wildman–Crippen LogP) is 4.50. The lowest BCUT2D eigenvalue weighted by atomic mass is 9.63. The Morgan fingerprint density at radius 3 is 1.24 bits per heavy atom. The Balaban J connectivity index is 0.00000256. The van der Waals surface area contributed by atoms with Crippen LogP contribution in [0.2, 0.25) is 0 Å². The largest absolute Gasteiger partial charge is 0.412 e. The first-order valence-corrected chi connectivity index (χ1v) is 12.5. The molecule has 4 aliphatic carbocycles. The minimum absolute atomic E-state index is 0. The summed E-state index contributed by atoms with van der Waals surface area (Å²) in [5, 5.41) is 0. The van der Waals surface area contributed by atoms with Crippen LogP contribution in [0.3, 0.4) is 0 Å². The Bertz CT molecular complexity index is 515. The zero-order chi connectivity index (χ0) is 20.5. The highest BCUT2D eigenvalue weighted by Crippen LogP contribution is 2.49. The van der Waals surface area contributed by atoms with E-state index in [2.05, 4.69) is 6.92 Å². The molecule has 0 aliphatic heterocycles. The van der Waals surface area contributed by atoms with Crippen molar-refractivity contribution in [1.29, 1.82) is 0 Å². The maximum absolute atomic E-state index is 15.1. The van der Waals surface area contributed by atoms with Crippen molar-refractivity contribution < 1.29 is 39.5 Å². The summed E-state index contributed by atoms with van der Waals surface area (Å²) in [5.41, 5.74) is 0. The summed E-state index contributed by atoms with van der Waals surface area (Å²) in [6.07, 6.45) is 6.49. The van der Waals surface area contributed by atoms with Crippen LogP contribution in [-0.2, 0) is 0 Å². The van der Waals surface area contributed by atoms with Crippen LogP contribution >= 0.6 is 0 Å². The molecule has 5 unspecified atom stereocenters. The second-order valence-electron chi connectivity index (χ2n) is 11.2. The van der Waals surface area contributed by atoms with Gasteiger partial charge in [-0.1, -0.05) is 19.8 Å². The number of halogens is 4. The van der Waals surface area contributed by atoms with Gasteiger partial charge < -0.3 is 21.9 Å². The van der Waals surface area contributed by atoms with Crippen LogP contribution in [0.5, 0.6) is 0 Å². The summed E-state index contributed by atoms with van der Waals surface area (Å²) in [6, 6.07) is 0. The van der Waals surface area contributed by atoms with Gasteiger partial charge in [0.2, 0.25) is 0 Å². The number of alkyl halides is 4. The van der Waals surface area contributed by atoms with Crippen molar-refractivity contribution in [1.82, 2.24) is 0 Å². The standard InChI is InChI=1S/C25H40F4.4H2O/c1-15-2-4-16(5-3-15)17-6-8-18(9-7-17)19-10-11-21(22(26)12-19)20-13-23(27)25(29)24(28)14-20;;;;/h15-25H,2-14H2,1H3;4*1H2. The van der Waals surface area contributed by atoms with E-state index in [1.54, 1.807) is 0 Å². The molecule has 0 heterocycles. The molecule has 8 N–H and O–H groups in total. The second-order valence-corrected chi connectivity index (χ2v) is 11.2. The number of hydrogen-bond donors (Lipinski definition) is 0. The van der Waals surface area contributed by atoms with Gasteiger partial charge in [-0.05, 0) is 112 Å². The number of rotatable bonds is 3. The van der Waals surface area contributed by atoms with Crippen molar-refractivity contribution in [3.05, 3.63) is 0 Å². The lowest BCUT2D eigenvalue weighted by Crippen LogP contribution is -2.43. The van der Waals surface area contributed by atoms with E-state index in [1.165, 1.54) is 51.4 Å². The normalized spacial score (nSPS) is 45.9. The Labute approximate surface area is 196 Å². The Kier molecular flexibility index (Phi) is 14.0. The van der Waals surface area contributed by atoms with Gasteiger partial charge >= 0.3 is 0 Å². The molecule has 0 bridgehead atoms. The molecular formula is C25H48F4O4. The summed E-state index contributed by atoms with van der Waals surface area (Å²) in [6.45, 7) is 2.38. The molecule has 33 heavy (non-hydrogen) atoms. The highest BCUT2D eigenvalue weighted by molar-refractivity contribution is 4.95. The van der Waals surface area contributed by atoms with Crippen molar-refractivity contribution in [3.63, 3.8) is 0 Å². The van der Waals surface area contributed by atoms with E-state index in [4.69, 9.17) is 0 Å². The van der Waals surface area contributed by atoms with Crippen LogP contribution < -0.4 is 0 Å². The topological polar surface area (TPSA) is 126 Å². The van der Waals surface area contributed by atoms with Crippen LogP contribution in [0.25, 0.3) is 0 Å². The molecule has 200 valence electrons. The van der Waals surface area contributed by atoms with Crippen LogP contribution in [0.4, 0.5) is 17.6 Å². The van der Waals surface area contributed by atoms with Gasteiger partial charge in [0.1, 0.15) is 18.5 Å². The highest BCUT2D eigenvalue weighted by atomic mass is 19.2. The molecule has 0 aromatic carbocycles. The van der Waals surface area contributed by atoms with Gasteiger partial charge in [0.15, 0.2) is 6.17 Å². The minimum Gasteiger partial charge on any atom is -0.412 e. The van der Waals surface area contributed by atoms with Crippen LogP contribution in [-0.4, -0.2) is 46.6 Å². The highest BCUT2D eigenvalue weighted by Gasteiger charge is 2.46. The fraction of sp³-hybridized carbons (Fsp3) is 1.00. The van der Waals surface area contributed by atoms with E-state index in [0.717, 1.165) is 30.6 Å². The molecule has 8 heteroatoms. The monoisotopic (exact) mass is 488 g/mol. The summed E-state index contributed by atoms with van der Waals surface area (Å²) in [4.78, 5) is 0. The fourth-order valence-corrected chi connectivity index (χ4v) is 7.48. The lowest BCUT2D eigenvalue weighted by molar-refractivity contribution is -0.0292. The minimum atomic E-state index is -2.01. The van der Waals surface area contributed by atoms with Crippen molar-refractivity contribution >= 4 is 0 Å². The molecule has 0 saturated heterocycles. The van der Waals surface area contributed by atoms with Crippen LogP contribution in [0, 0.1) is 41.4 Å². The van der Waals surface area contributed by atoms with Crippen molar-refractivity contribution in [2.75, 3.05) is 0 Å². The van der Waals surface area contributed by atoms with Crippen molar-refractivity contribution in [2.45, 2.75) is 115 Å². The number of hydrogen-bond acceptors (Lipinski definition) is 0. The lowest BCUT2D eigenvalue weighted by Gasteiger charge is -2.44. The smallest absolute Gasteiger partial charge is 0.162 e. The van der Waals surface area contributed by atoms with E-state index >= 15 is 4.39 Å². The average molecular weight is 489 g/mol. The molecule has 4 nitrogen and oxygen atoms in total. The zero-order valence-electron chi connectivity index (χ0n) is 20.1. The third kappa shape index (κ3) is 7.52. The van der Waals surface area contributed by atoms with E-state index in [9.17, 15) is 13.2 Å². The zero-order valence-corrected chi connectivity index (χ0v) is 20.1. The van der Waals surface area contributed by atoms with Gasteiger partial charge in [-0.2, -0.15) is 0 Å². The average Bonchev–Trinajstić information content (AvgIpc) is 2.72. The van der Waals surface area contributed by atoms with E-state index in [1.807, 2.05) is 0 Å². The first-order valence-electron chi connectivity index (χ1n) is 12.5. The Hall–Kier alpha value is -0.440. The Morgan fingerprint density at radius 1 is 0.424 bits per heavy atom. The SMILES string of the molecule is CC1CCC(C2CCC(C3CCC(C4CC(F)C(F)C(F)C4)C(F)C3)CC2)CC1.O.O.O.O. The van der Waals surface area contributed by atoms with Gasteiger partial charge in [-0.15, -0.1) is 0 Å². The summed E-state index contributed by atoms with van der Waals surface area (Å²) in [5.74, 6) is 3.19. The third-order valence-corrected chi connectivity index (χ3v) is 9.43. The molecule has 4 aliphatic rings. The molecule has 5 atom stereocenters. The predicted molar refractivity (Wildman–Crippen MR) is 124 cm³/mol. The molecule has 0 aromatic rings.